The van der Waals surface area contributed by atoms with Crippen molar-refractivity contribution in [2.75, 3.05) is 7.11 Å². The van der Waals surface area contributed by atoms with Gasteiger partial charge in [-0.3, -0.25) is 5.32 Å². The van der Waals surface area contributed by atoms with E-state index in [1.54, 1.807) is 0 Å². The van der Waals surface area contributed by atoms with Gasteiger partial charge in [-0.15, -0.1) is 0 Å². The van der Waals surface area contributed by atoms with Crippen LogP contribution in [0, 0.1) is 17.8 Å². The molecule has 0 saturated heterocycles. The summed E-state index contributed by atoms with van der Waals surface area (Å²) in [5.41, 5.74) is 1.08. The Morgan fingerprint density at radius 1 is 1.21 bits per heavy atom. The number of ether oxygens (including phenoxy) is 2. The van der Waals surface area contributed by atoms with E-state index >= 15 is 0 Å². The SMILES string of the molecule is COC(=O)C(=CC1CC2CCC1C2)NC(=O)OCc1ccccc1. The molecule has 1 N–H and O–H groups in total. The molecule has 1 aromatic carbocycles. The van der Waals surface area contributed by atoms with Gasteiger partial charge in [0.25, 0.3) is 0 Å². The molecule has 0 radical (unpaired) electrons. The maximum Gasteiger partial charge on any atom is 0.412 e. The summed E-state index contributed by atoms with van der Waals surface area (Å²) in [6.45, 7) is 0.162. The molecule has 2 aliphatic rings. The van der Waals surface area contributed by atoms with Crippen LogP contribution < -0.4 is 5.32 Å². The van der Waals surface area contributed by atoms with E-state index in [9.17, 15) is 9.59 Å². The van der Waals surface area contributed by atoms with Gasteiger partial charge in [0, 0.05) is 0 Å². The summed E-state index contributed by atoms with van der Waals surface area (Å²) in [7, 11) is 1.31. The molecule has 1 amide bonds. The van der Waals surface area contributed by atoms with Crippen molar-refractivity contribution >= 4 is 12.1 Å². The summed E-state index contributed by atoms with van der Waals surface area (Å²) in [6, 6.07) is 9.41. The summed E-state index contributed by atoms with van der Waals surface area (Å²) in [4.78, 5) is 24.0. The third-order valence-corrected chi connectivity index (χ3v) is 5.03. The van der Waals surface area contributed by atoms with Crippen molar-refractivity contribution in [1.29, 1.82) is 0 Å². The van der Waals surface area contributed by atoms with Gasteiger partial charge in [0.15, 0.2) is 0 Å². The van der Waals surface area contributed by atoms with Crippen molar-refractivity contribution in [2.45, 2.75) is 32.3 Å². The van der Waals surface area contributed by atoms with Crippen molar-refractivity contribution in [3.05, 3.63) is 47.7 Å². The Balaban J connectivity index is 1.59. The third kappa shape index (κ3) is 3.96. The van der Waals surface area contributed by atoms with E-state index in [1.165, 1.54) is 26.4 Å². The Hall–Kier alpha value is -2.30. The van der Waals surface area contributed by atoms with Gasteiger partial charge in [0.1, 0.15) is 12.3 Å². The predicted molar refractivity (Wildman–Crippen MR) is 88.8 cm³/mol. The van der Waals surface area contributed by atoms with E-state index < -0.39 is 12.1 Å². The van der Waals surface area contributed by atoms with E-state index in [0.717, 1.165) is 17.9 Å². The number of hydrogen-bond acceptors (Lipinski definition) is 4. The molecule has 0 aliphatic heterocycles. The second-order valence-corrected chi connectivity index (χ2v) is 6.60. The molecule has 3 rings (SSSR count). The number of rotatable bonds is 5. The fourth-order valence-electron chi connectivity index (χ4n) is 3.85. The average molecular weight is 329 g/mol. The first kappa shape index (κ1) is 16.6. The lowest BCUT2D eigenvalue weighted by molar-refractivity contribution is -0.136. The van der Waals surface area contributed by atoms with Crippen molar-refractivity contribution in [3.63, 3.8) is 0 Å². The summed E-state index contributed by atoms with van der Waals surface area (Å²) in [6.07, 6.45) is 6.03. The van der Waals surface area contributed by atoms with Crippen molar-refractivity contribution in [3.8, 4) is 0 Å². The number of alkyl carbamates (subject to hydrolysis) is 1. The molecular formula is C19H23NO4. The molecule has 1 aromatic rings. The second kappa shape index (κ2) is 7.51. The number of benzene rings is 1. The fourth-order valence-corrected chi connectivity index (χ4v) is 3.85. The van der Waals surface area contributed by atoms with E-state index in [1.807, 2.05) is 36.4 Å². The number of amides is 1. The zero-order valence-corrected chi connectivity index (χ0v) is 13.9. The maximum atomic E-state index is 12.0. The zero-order valence-electron chi connectivity index (χ0n) is 13.9. The van der Waals surface area contributed by atoms with Crippen LogP contribution in [-0.2, 0) is 20.9 Å². The van der Waals surface area contributed by atoms with Crippen LogP contribution in [0.15, 0.2) is 42.1 Å². The Bertz CT molecular complexity index is 626. The van der Waals surface area contributed by atoms with Gasteiger partial charge < -0.3 is 9.47 Å². The van der Waals surface area contributed by atoms with Crippen LogP contribution in [0.5, 0.6) is 0 Å². The highest BCUT2D eigenvalue weighted by atomic mass is 16.6. The van der Waals surface area contributed by atoms with Crippen LogP contribution in [0.4, 0.5) is 4.79 Å². The van der Waals surface area contributed by atoms with Gasteiger partial charge in [0.2, 0.25) is 0 Å². The quantitative estimate of drug-likeness (QED) is 0.664. The molecule has 2 saturated carbocycles. The predicted octanol–water partition coefficient (Wildman–Crippen LogP) is 3.41. The Labute approximate surface area is 142 Å². The minimum atomic E-state index is -0.640. The number of methoxy groups -OCH3 is 1. The molecule has 0 aromatic heterocycles. The molecule has 3 atom stereocenters. The van der Waals surface area contributed by atoms with Crippen molar-refractivity contribution in [2.24, 2.45) is 17.8 Å². The molecule has 2 bridgehead atoms. The van der Waals surface area contributed by atoms with Crippen LogP contribution in [0.1, 0.15) is 31.2 Å². The van der Waals surface area contributed by atoms with E-state index in [2.05, 4.69) is 5.32 Å². The van der Waals surface area contributed by atoms with Crippen LogP contribution in [0.3, 0.4) is 0 Å². The highest BCUT2D eigenvalue weighted by molar-refractivity contribution is 5.92. The van der Waals surface area contributed by atoms with E-state index in [4.69, 9.17) is 9.47 Å². The second-order valence-electron chi connectivity index (χ2n) is 6.60. The lowest BCUT2D eigenvalue weighted by Crippen LogP contribution is -2.29. The van der Waals surface area contributed by atoms with Gasteiger partial charge in [-0.2, -0.15) is 0 Å². The minimum absolute atomic E-state index is 0.162. The van der Waals surface area contributed by atoms with Crippen LogP contribution in [-0.4, -0.2) is 19.2 Å². The number of fused-ring (bicyclic) bond motifs is 2. The monoisotopic (exact) mass is 329 g/mol. The molecular weight excluding hydrogens is 306 g/mol. The molecule has 5 nitrogen and oxygen atoms in total. The number of nitrogens with one attached hydrogen (secondary N) is 1. The third-order valence-electron chi connectivity index (χ3n) is 5.03. The summed E-state index contributed by atoms with van der Waals surface area (Å²) in [5, 5.41) is 2.55. The van der Waals surface area contributed by atoms with Gasteiger partial charge in [-0.1, -0.05) is 36.8 Å². The molecule has 24 heavy (non-hydrogen) atoms. The Morgan fingerprint density at radius 3 is 2.62 bits per heavy atom. The highest BCUT2D eigenvalue weighted by Crippen LogP contribution is 2.49. The highest BCUT2D eigenvalue weighted by Gasteiger charge is 2.39. The summed E-state index contributed by atoms with van der Waals surface area (Å²) < 4.78 is 9.97. The van der Waals surface area contributed by atoms with Crippen LogP contribution in [0.2, 0.25) is 0 Å². The topological polar surface area (TPSA) is 64.6 Å². The zero-order chi connectivity index (χ0) is 16.9. The first-order valence-electron chi connectivity index (χ1n) is 8.43. The average Bonchev–Trinajstić information content (AvgIpc) is 3.22. The molecule has 3 unspecified atom stereocenters. The van der Waals surface area contributed by atoms with Crippen molar-refractivity contribution < 1.29 is 19.1 Å². The standard InChI is InChI=1S/C19H23NO4/c1-23-18(21)17(11-16-10-14-7-8-15(16)9-14)20-19(22)24-12-13-5-3-2-4-6-13/h2-6,11,14-16H,7-10,12H2,1H3,(H,20,22). The Kier molecular flexibility index (Phi) is 5.18. The first-order valence-corrected chi connectivity index (χ1v) is 8.43. The molecule has 0 spiro atoms. The summed E-state index contributed by atoms with van der Waals surface area (Å²) >= 11 is 0. The Morgan fingerprint density at radius 2 is 2.00 bits per heavy atom. The van der Waals surface area contributed by atoms with Crippen LogP contribution in [0.25, 0.3) is 0 Å². The molecule has 128 valence electrons. The lowest BCUT2D eigenvalue weighted by Gasteiger charge is -2.19. The van der Waals surface area contributed by atoms with Gasteiger partial charge in [-0.05, 0) is 48.7 Å². The number of esters is 1. The number of carbonyl (C=O) groups is 2. The number of hydrogen-bond donors (Lipinski definition) is 1. The molecule has 0 heterocycles. The molecule has 2 fully saturated rings. The van der Waals surface area contributed by atoms with Gasteiger partial charge in [0.05, 0.1) is 7.11 Å². The smallest absolute Gasteiger partial charge is 0.412 e. The van der Waals surface area contributed by atoms with Gasteiger partial charge in [-0.25, -0.2) is 9.59 Å². The van der Waals surface area contributed by atoms with Crippen molar-refractivity contribution in [1.82, 2.24) is 5.32 Å². The lowest BCUT2D eigenvalue weighted by atomic mass is 9.88. The maximum absolute atomic E-state index is 12.0. The van der Waals surface area contributed by atoms with E-state index in [-0.39, 0.29) is 12.3 Å². The van der Waals surface area contributed by atoms with E-state index in [0.29, 0.717) is 11.8 Å². The number of carbonyl (C=O) groups excluding carboxylic acids is 2. The first-order chi connectivity index (χ1) is 11.7. The largest absolute Gasteiger partial charge is 0.464 e. The van der Waals surface area contributed by atoms with Crippen LogP contribution >= 0.6 is 0 Å². The van der Waals surface area contributed by atoms with Gasteiger partial charge >= 0.3 is 12.1 Å². The molecule has 5 heteroatoms. The minimum Gasteiger partial charge on any atom is -0.464 e. The fraction of sp³-hybridized carbons (Fsp3) is 0.474. The normalized spacial score (nSPS) is 25.4. The number of allylic oxidation sites excluding steroid dienone is 1. The summed E-state index contributed by atoms with van der Waals surface area (Å²) in [5.74, 6) is 1.19. The molecule has 2 aliphatic carbocycles.